The van der Waals surface area contributed by atoms with E-state index < -0.39 is 28.1 Å². The first-order valence-electron chi connectivity index (χ1n) is 13.4. The molecule has 0 saturated carbocycles. The van der Waals surface area contributed by atoms with Crippen LogP contribution in [-0.4, -0.2) is 48.5 Å². The van der Waals surface area contributed by atoms with Crippen molar-refractivity contribution < 1.29 is 41.0 Å². The molecule has 3 aromatic rings. The van der Waals surface area contributed by atoms with E-state index >= 15 is 0 Å². The first-order valence-corrected chi connectivity index (χ1v) is 14.2. The largest absolute Gasteiger partial charge is 0.495 e. The van der Waals surface area contributed by atoms with E-state index in [9.17, 15) is 31.5 Å². The molecule has 2 aliphatic rings. The smallest absolute Gasteiger partial charge is 0.425 e. The number of nitrogens with zero attached hydrogens (tertiary/aromatic N) is 3. The van der Waals surface area contributed by atoms with Crippen LogP contribution in [0.1, 0.15) is 55.5 Å². The van der Waals surface area contributed by atoms with Crippen LogP contribution in [0.5, 0.6) is 11.5 Å². The maximum atomic E-state index is 14.6. The van der Waals surface area contributed by atoms with Gasteiger partial charge in [0.05, 0.1) is 35.3 Å². The van der Waals surface area contributed by atoms with Crippen molar-refractivity contribution in [1.82, 2.24) is 10.4 Å². The summed E-state index contributed by atoms with van der Waals surface area (Å²) in [5.74, 6) is -2.90. The molecule has 0 bridgehead atoms. The molecule has 5 rings (SSSR count). The molecule has 0 fully saturated rings. The van der Waals surface area contributed by atoms with Crippen molar-refractivity contribution in [2.75, 3.05) is 20.3 Å². The zero-order valence-corrected chi connectivity index (χ0v) is 24.2. The summed E-state index contributed by atoms with van der Waals surface area (Å²) in [6.45, 7) is 3.55. The molecular formula is C29H27F5N4O4S. The summed E-state index contributed by atoms with van der Waals surface area (Å²) < 4.78 is 80.8. The standard InChI is InChI=1S/C29H27F5N4O4S/c1-28(2)26(15-6-10-20(41-3)25-17(15)14-21(43-25)29(32,33)34)37-38(27(28)40)12-4-5-13-42-19-9-7-16(23(30)24(19)31)18-8-11-22(39)36-35-18/h6-7,9-10,14H,4-5,8,11-13H2,1-3H3,(H,36,39). The van der Waals surface area contributed by atoms with E-state index in [0.29, 0.717) is 51.3 Å². The predicted molar refractivity (Wildman–Crippen MR) is 150 cm³/mol. The Morgan fingerprint density at radius 3 is 2.42 bits per heavy atom. The van der Waals surface area contributed by atoms with Crippen molar-refractivity contribution in [2.24, 2.45) is 15.6 Å². The predicted octanol–water partition coefficient (Wildman–Crippen LogP) is 6.25. The molecule has 0 unspecified atom stereocenters. The monoisotopic (exact) mass is 622 g/mol. The van der Waals surface area contributed by atoms with Crippen LogP contribution in [0.3, 0.4) is 0 Å². The second-order valence-electron chi connectivity index (χ2n) is 10.6. The van der Waals surface area contributed by atoms with Crippen LogP contribution >= 0.6 is 11.3 Å². The number of carbonyl (C=O) groups excluding carboxylic acids is 2. The highest BCUT2D eigenvalue weighted by atomic mass is 32.1. The Balaban J connectivity index is 1.25. The van der Waals surface area contributed by atoms with Gasteiger partial charge in [-0.1, -0.05) is 0 Å². The van der Waals surface area contributed by atoms with Crippen LogP contribution in [-0.2, 0) is 15.8 Å². The fourth-order valence-corrected chi connectivity index (χ4v) is 5.99. The molecule has 3 heterocycles. The van der Waals surface area contributed by atoms with E-state index in [0.717, 1.165) is 6.07 Å². The summed E-state index contributed by atoms with van der Waals surface area (Å²) in [5.41, 5.74) is 2.07. The lowest BCUT2D eigenvalue weighted by Crippen LogP contribution is -2.35. The van der Waals surface area contributed by atoms with Crippen LogP contribution < -0.4 is 14.9 Å². The zero-order chi connectivity index (χ0) is 31.1. The molecule has 0 spiro atoms. The highest BCUT2D eigenvalue weighted by Crippen LogP contribution is 2.44. The zero-order valence-electron chi connectivity index (χ0n) is 23.4. The minimum absolute atomic E-state index is 0.0307. The van der Waals surface area contributed by atoms with E-state index in [1.807, 2.05) is 0 Å². The molecule has 0 saturated heterocycles. The van der Waals surface area contributed by atoms with Gasteiger partial charge in [-0.15, -0.1) is 11.3 Å². The number of amides is 2. The van der Waals surface area contributed by atoms with E-state index in [1.165, 1.54) is 24.3 Å². The number of hydrogen-bond acceptors (Lipinski definition) is 7. The Kier molecular flexibility index (Phi) is 8.16. The molecule has 1 N–H and O–H groups in total. The number of hydrogen-bond donors (Lipinski definition) is 1. The normalized spacial score (nSPS) is 16.8. The fraction of sp³-hybridized carbons (Fsp3) is 0.379. The third-order valence-corrected chi connectivity index (χ3v) is 8.46. The Morgan fingerprint density at radius 1 is 1.02 bits per heavy atom. The number of hydrazone groups is 2. The lowest BCUT2D eigenvalue weighted by molar-refractivity contribution is -0.135. The van der Waals surface area contributed by atoms with Gasteiger partial charge in [0, 0.05) is 35.9 Å². The molecule has 2 amide bonds. The number of unbranched alkanes of at least 4 members (excludes halogenated alkanes) is 1. The van der Waals surface area contributed by atoms with Crippen molar-refractivity contribution in [2.45, 2.75) is 45.7 Å². The van der Waals surface area contributed by atoms with Gasteiger partial charge in [-0.25, -0.2) is 14.8 Å². The summed E-state index contributed by atoms with van der Waals surface area (Å²) in [4.78, 5) is 23.7. The van der Waals surface area contributed by atoms with Crippen molar-refractivity contribution in [1.29, 1.82) is 0 Å². The Morgan fingerprint density at radius 2 is 1.74 bits per heavy atom. The number of alkyl halides is 3. The van der Waals surface area contributed by atoms with E-state index in [4.69, 9.17) is 9.47 Å². The number of methoxy groups -OCH3 is 1. The molecule has 14 heteroatoms. The maximum Gasteiger partial charge on any atom is 0.425 e. The summed E-state index contributed by atoms with van der Waals surface area (Å²) in [5, 5.41) is 9.87. The lowest BCUT2D eigenvalue weighted by atomic mass is 9.82. The number of benzene rings is 2. The second-order valence-corrected chi connectivity index (χ2v) is 11.6. The number of ether oxygens (including phenoxy) is 2. The SMILES string of the molecule is COc1ccc(C2=NN(CCCCOc3ccc(C4=NNC(=O)CC4)c(F)c3F)C(=O)C2(C)C)c2cc(C(F)(F)F)sc12. The highest BCUT2D eigenvalue weighted by Gasteiger charge is 2.45. The van der Waals surface area contributed by atoms with Crippen molar-refractivity contribution >= 4 is 44.7 Å². The van der Waals surface area contributed by atoms with E-state index in [2.05, 4.69) is 15.6 Å². The van der Waals surface area contributed by atoms with Crippen molar-refractivity contribution in [3.63, 3.8) is 0 Å². The summed E-state index contributed by atoms with van der Waals surface area (Å²) >= 11 is 0.569. The number of fused-ring (bicyclic) bond motifs is 1. The van der Waals surface area contributed by atoms with Gasteiger partial charge in [0.2, 0.25) is 11.7 Å². The first kappa shape index (κ1) is 30.4. The molecule has 228 valence electrons. The average molecular weight is 623 g/mol. The van der Waals surface area contributed by atoms with Gasteiger partial charge in [0.25, 0.3) is 5.91 Å². The van der Waals surface area contributed by atoms with Gasteiger partial charge in [0.1, 0.15) is 10.6 Å². The molecule has 43 heavy (non-hydrogen) atoms. The second kappa shape index (κ2) is 11.5. The van der Waals surface area contributed by atoms with E-state index in [-0.39, 0.29) is 54.8 Å². The fourth-order valence-electron chi connectivity index (χ4n) is 4.94. The molecule has 0 aliphatic carbocycles. The van der Waals surface area contributed by atoms with Crippen molar-refractivity contribution in [3.05, 3.63) is 58.0 Å². The Labute approximate surface area is 247 Å². The third kappa shape index (κ3) is 5.79. The number of carbonyl (C=O) groups is 2. The number of halogens is 5. The van der Waals surface area contributed by atoms with Gasteiger partial charge < -0.3 is 9.47 Å². The topological polar surface area (TPSA) is 92.6 Å². The minimum Gasteiger partial charge on any atom is -0.495 e. The number of thiophene rings is 1. The van der Waals surface area contributed by atoms with Gasteiger partial charge in [-0.2, -0.15) is 27.8 Å². The van der Waals surface area contributed by atoms with Crippen LogP contribution in [0.15, 0.2) is 40.5 Å². The maximum absolute atomic E-state index is 14.6. The third-order valence-electron chi connectivity index (χ3n) is 7.27. The van der Waals surface area contributed by atoms with Gasteiger partial charge in [-0.3, -0.25) is 9.59 Å². The highest BCUT2D eigenvalue weighted by molar-refractivity contribution is 7.19. The molecular weight excluding hydrogens is 595 g/mol. The molecule has 8 nitrogen and oxygen atoms in total. The van der Waals surface area contributed by atoms with Crippen LogP contribution in [0.2, 0.25) is 0 Å². The van der Waals surface area contributed by atoms with Gasteiger partial charge >= 0.3 is 6.18 Å². The van der Waals surface area contributed by atoms with Crippen LogP contribution in [0.25, 0.3) is 10.1 Å². The minimum atomic E-state index is -4.54. The van der Waals surface area contributed by atoms with Gasteiger partial charge in [-0.05, 0) is 57.0 Å². The van der Waals surface area contributed by atoms with Crippen LogP contribution in [0.4, 0.5) is 22.0 Å². The number of rotatable bonds is 9. The molecule has 0 atom stereocenters. The average Bonchev–Trinajstić information content (AvgIpc) is 3.51. The quantitative estimate of drug-likeness (QED) is 0.226. The Bertz CT molecular complexity index is 1660. The first-order chi connectivity index (χ1) is 20.3. The summed E-state index contributed by atoms with van der Waals surface area (Å²) in [6, 6.07) is 6.85. The van der Waals surface area contributed by atoms with Crippen LogP contribution in [0, 0.1) is 17.0 Å². The molecule has 2 aromatic carbocycles. The van der Waals surface area contributed by atoms with E-state index in [1.54, 1.807) is 26.0 Å². The Hall–Kier alpha value is -4.07. The lowest BCUT2D eigenvalue weighted by Gasteiger charge is -2.20. The molecule has 1 aromatic heterocycles. The molecule has 0 radical (unpaired) electrons. The molecule has 2 aliphatic heterocycles. The van der Waals surface area contributed by atoms with Crippen molar-refractivity contribution in [3.8, 4) is 11.5 Å². The summed E-state index contributed by atoms with van der Waals surface area (Å²) in [6.07, 6.45) is -3.45. The summed E-state index contributed by atoms with van der Waals surface area (Å²) in [7, 11) is 1.38. The van der Waals surface area contributed by atoms with Gasteiger partial charge in [0.15, 0.2) is 11.6 Å². The number of nitrogens with one attached hydrogen (secondary N) is 1.